The van der Waals surface area contributed by atoms with E-state index in [9.17, 15) is 18.4 Å². The number of nitrogens with one attached hydrogen (secondary N) is 1. The molecule has 4 nitrogen and oxygen atoms in total. The van der Waals surface area contributed by atoms with Crippen LogP contribution in [0.15, 0.2) is 30.3 Å². The number of benzene rings is 2. The second-order valence-electron chi connectivity index (χ2n) is 5.97. The maximum absolute atomic E-state index is 13.2. The number of amides is 2. The van der Waals surface area contributed by atoms with Crippen molar-refractivity contribution in [3.63, 3.8) is 0 Å². The van der Waals surface area contributed by atoms with Crippen LogP contribution in [0, 0.1) is 25.5 Å². The Labute approximate surface area is 155 Å². The van der Waals surface area contributed by atoms with Crippen molar-refractivity contribution in [3.05, 3.63) is 63.7 Å². The van der Waals surface area contributed by atoms with Crippen LogP contribution in [-0.2, 0) is 4.79 Å². The molecule has 0 aliphatic heterocycles. The molecule has 0 aliphatic rings. The molecule has 2 aromatic rings. The van der Waals surface area contributed by atoms with Crippen LogP contribution < -0.4 is 10.2 Å². The molecule has 1 N–H and O–H groups in total. The highest BCUT2D eigenvalue weighted by atomic mass is 35.5. The quantitative estimate of drug-likeness (QED) is 0.851. The van der Waals surface area contributed by atoms with Gasteiger partial charge in [-0.25, -0.2) is 8.78 Å². The molecule has 0 atom stereocenters. The summed E-state index contributed by atoms with van der Waals surface area (Å²) in [6.07, 6.45) is 0. The number of carbonyl (C=O) groups excluding carboxylic acids is 2. The Morgan fingerprint density at radius 2 is 1.81 bits per heavy atom. The van der Waals surface area contributed by atoms with Crippen LogP contribution in [0.4, 0.5) is 14.5 Å². The van der Waals surface area contributed by atoms with Crippen LogP contribution in [0.2, 0.25) is 5.02 Å². The van der Waals surface area contributed by atoms with E-state index in [1.165, 1.54) is 17.9 Å². The van der Waals surface area contributed by atoms with E-state index in [2.05, 4.69) is 5.32 Å². The van der Waals surface area contributed by atoms with Gasteiger partial charge in [0.05, 0.1) is 10.7 Å². The second kappa shape index (κ2) is 8.27. The molecule has 0 aromatic heterocycles. The molecule has 7 heteroatoms. The second-order valence-corrected chi connectivity index (χ2v) is 6.37. The molecule has 138 valence electrons. The van der Waals surface area contributed by atoms with E-state index in [0.29, 0.717) is 10.7 Å². The molecular weight excluding hydrogens is 362 g/mol. The van der Waals surface area contributed by atoms with Crippen LogP contribution in [-0.4, -0.2) is 24.9 Å². The average molecular weight is 381 g/mol. The van der Waals surface area contributed by atoms with Gasteiger partial charge >= 0.3 is 0 Å². The van der Waals surface area contributed by atoms with Gasteiger partial charge in [0.2, 0.25) is 5.91 Å². The first-order chi connectivity index (χ1) is 12.2. The third kappa shape index (κ3) is 4.58. The molecule has 0 heterocycles. The summed E-state index contributed by atoms with van der Waals surface area (Å²) in [4.78, 5) is 25.5. The van der Waals surface area contributed by atoms with Crippen molar-refractivity contribution in [3.8, 4) is 0 Å². The standard InChI is InChI=1S/C19H19ClF2N2O2/c1-11-8-12(2)18(15(20)9-11)24(13(3)25)7-6-23-19(26)14-4-5-16(21)17(22)10-14/h4-5,8-10H,6-7H2,1-3H3,(H,23,26). The van der Waals surface area contributed by atoms with Crippen LogP contribution >= 0.6 is 11.6 Å². The Hall–Kier alpha value is -2.47. The van der Waals surface area contributed by atoms with Crippen LogP contribution in [0.25, 0.3) is 0 Å². The van der Waals surface area contributed by atoms with E-state index in [1.807, 2.05) is 19.9 Å². The van der Waals surface area contributed by atoms with E-state index >= 15 is 0 Å². The lowest BCUT2D eigenvalue weighted by molar-refractivity contribution is -0.116. The summed E-state index contributed by atoms with van der Waals surface area (Å²) in [5.41, 5.74) is 2.41. The van der Waals surface area contributed by atoms with Gasteiger partial charge in [-0.15, -0.1) is 0 Å². The summed E-state index contributed by atoms with van der Waals surface area (Å²) in [7, 11) is 0. The number of halogens is 3. The lowest BCUT2D eigenvalue weighted by Gasteiger charge is -2.25. The first-order valence-electron chi connectivity index (χ1n) is 7.98. The molecule has 2 aromatic carbocycles. The first kappa shape index (κ1) is 19.8. The minimum absolute atomic E-state index is 0.00261. The van der Waals surface area contributed by atoms with Gasteiger partial charge in [-0.2, -0.15) is 0 Å². The first-order valence-corrected chi connectivity index (χ1v) is 8.36. The summed E-state index contributed by atoms with van der Waals surface area (Å²) >= 11 is 6.28. The lowest BCUT2D eigenvalue weighted by Crippen LogP contribution is -2.38. The van der Waals surface area contributed by atoms with Crippen molar-refractivity contribution < 1.29 is 18.4 Å². The Bertz CT molecular complexity index is 832. The molecular formula is C19H19ClF2N2O2. The Balaban J connectivity index is 2.09. The summed E-state index contributed by atoms with van der Waals surface area (Å²) in [6.45, 7) is 5.48. The summed E-state index contributed by atoms with van der Waals surface area (Å²) in [5.74, 6) is -2.89. The summed E-state index contributed by atoms with van der Waals surface area (Å²) < 4.78 is 26.2. The third-order valence-corrected chi connectivity index (χ3v) is 4.14. The van der Waals surface area contributed by atoms with Gasteiger partial charge in [0, 0.05) is 25.6 Å². The van der Waals surface area contributed by atoms with Crippen molar-refractivity contribution in [2.75, 3.05) is 18.0 Å². The predicted molar refractivity (Wildman–Crippen MR) is 97.6 cm³/mol. The zero-order valence-electron chi connectivity index (χ0n) is 14.7. The molecule has 0 radical (unpaired) electrons. The molecule has 0 fully saturated rings. The van der Waals surface area contributed by atoms with Gasteiger partial charge < -0.3 is 10.2 Å². The zero-order chi connectivity index (χ0) is 19.4. The van der Waals surface area contributed by atoms with Crippen LogP contribution in [0.3, 0.4) is 0 Å². The fourth-order valence-electron chi connectivity index (χ4n) is 2.70. The van der Waals surface area contributed by atoms with E-state index in [0.717, 1.165) is 23.3 Å². The highest BCUT2D eigenvalue weighted by Gasteiger charge is 2.18. The fraction of sp³-hybridized carbons (Fsp3) is 0.263. The van der Waals surface area contributed by atoms with Gasteiger partial charge in [0.25, 0.3) is 5.91 Å². The Kier molecular flexibility index (Phi) is 6.32. The normalized spacial score (nSPS) is 10.5. The molecule has 0 saturated carbocycles. The van der Waals surface area contributed by atoms with E-state index < -0.39 is 17.5 Å². The minimum Gasteiger partial charge on any atom is -0.350 e. The SMILES string of the molecule is CC(=O)N(CCNC(=O)c1ccc(F)c(F)c1)c1c(C)cc(C)cc1Cl. The van der Waals surface area contributed by atoms with Gasteiger partial charge in [-0.1, -0.05) is 17.7 Å². The fourth-order valence-corrected chi connectivity index (χ4v) is 3.12. The largest absolute Gasteiger partial charge is 0.350 e. The molecule has 26 heavy (non-hydrogen) atoms. The van der Waals surface area contributed by atoms with Crippen molar-refractivity contribution >= 4 is 29.1 Å². The highest BCUT2D eigenvalue weighted by Crippen LogP contribution is 2.31. The maximum Gasteiger partial charge on any atom is 0.251 e. The van der Waals surface area contributed by atoms with Crippen LogP contribution in [0.5, 0.6) is 0 Å². The molecule has 2 rings (SSSR count). The van der Waals surface area contributed by atoms with Crippen LogP contribution in [0.1, 0.15) is 28.4 Å². The van der Waals surface area contributed by atoms with Crippen molar-refractivity contribution in [2.45, 2.75) is 20.8 Å². The topological polar surface area (TPSA) is 49.4 Å². The number of hydrogen-bond donors (Lipinski definition) is 1. The molecule has 2 amide bonds. The minimum atomic E-state index is -1.09. The van der Waals surface area contributed by atoms with Gasteiger partial charge in [0.1, 0.15) is 0 Å². The number of carbonyl (C=O) groups is 2. The maximum atomic E-state index is 13.2. The number of aryl methyl sites for hydroxylation is 2. The number of hydrogen-bond acceptors (Lipinski definition) is 2. The highest BCUT2D eigenvalue weighted by molar-refractivity contribution is 6.34. The molecule has 0 aliphatic carbocycles. The molecule has 0 saturated heterocycles. The molecule has 0 bridgehead atoms. The number of anilines is 1. The van der Waals surface area contributed by atoms with Gasteiger partial charge in [-0.3, -0.25) is 9.59 Å². The van der Waals surface area contributed by atoms with E-state index in [4.69, 9.17) is 11.6 Å². The summed E-state index contributed by atoms with van der Waals surface area (Å²) in [5, 5.41) is 3.03. The summed E-state index contributed by atoms with van der Waals surface area (Å²) in [6, 6.07) is 6.59. The zero-order valence-corrected chi connectivity index (χ0v) is 15.5. The van der Waals surface area contributed by atoms with E-state index in [-0.39, 0.29) is 24.6 Å². The van der Waals surface area contributed by atoms with E-state index in [1.54, 1.807) is 6.07 Å². The van der Waals surface area contributed by atoms with Gasteiger partial charge in [0.15, 0.2) is 11.6 Å². The molecule has 0 unspecified atom stereocenters. The van der Waals surface area contributed by atoms with Gasteiger partial charge in [-0.05, 0) is 49.2 Å². The third-order valence-electron chi connectivity index (χ3n) is 3.85. The number of nitrogens with zero attached hydrogens (tertiary/aromatic N) is 1. The average Bonchev–Trinajstić information content (AvgIpc) is 2.54. The molecule has 0 spiro atoms. The van der Waals surface area contributed by atoms with Crippen molar-refractivity contribution in [2.24, 2.45) is 0 Å². The smallest absolute Gasteiger partial charge is 0.251 e. The van der Waals surface area contributed by atoms with Crippen molar-refractivity contribution in [1.29, 1.82) is 0 Å². The Morgan fingerprint density at radius 3 is 2.38 bits per heavy atom. The monoisotopic (exact) mass is 380 g/mol. The Morgan fingerprint density at radius 1 is 1.12 bits per heavy atom. The lowest BCUT2D eigenvalue weighted by atomic mass is 10.1. The number of rotatable bonds is 5. The van der Waals surface area contributed by atoms with Crippen molar-refractivity contribution in [1.82, 2.24) is 5.32 Å². The predicted octanol–water partition coefficient (Wildman–Crippen LogP) is 4.02.